The van der Waals surface area contributed by atoms with Crippen LogP contribution in [0.15, 0.2) is 42.5 Å². The molecule has 0 bridgehead atoms. The Hall–Kier alpha value is -1.26. The number of aliphatic hydroxyl groups excluding tert-OH is 1. The van der Waals surface area contributed by atoms with Gasteiger partial charge in [-0.15, -0.1) is 0 Å². The normalized spacial score (nSPS) is 13.6. The average molecular weight is 354 g/mol. The number of benzene rings is 2. The Labute approximate surface area is 147 Å². The molecule has 23 heavy (non-hydrogen) atoms. The second-order valence-corrected chi connectivity index (χ2v) is 6.81. The smallest absolute Gasteiger partial charge is 0.119 e. The predicted octanol–water partition coefficient (Wildman–Crippen LogP) is 4.21. The Bertz CT molecular complexity index is 642. The predicted molar refractivity (Wildman–Crippen MR) is 95.2 cm³/mol. The molecular formula is C18H21Cl2NO2. The maximum atomic E-state index is 9.17. The summed E-state index contributed by atoms with van der Waals surface area (Å²) in [5.41, 5.74) is 7.52. The minimum atomic E-state index is -0.539. The zero-order chi connectivity index (χ0) is 16.9. The molecule has 0 aromatic heterocycles. The second-order valence-electron chi connectivity index (χ2n) is 5.99. The number of nitrogens with two attached hydrogens (primary N) is 1. The molecule has 0 aliphatic rings. The second kappa shape index (κ2) is 8.02. The van der Waals surface area contributed by atoms with Gasteiger partial charge in [0.2, 0.25) is 0 Å². The summed E-state index contributed by atoms with van der Waals surface area (Å²) in [6.07, 6.45) is 1.55. The Morgan fingerprint density at radius 3 is 2.30 bits per heavy atom. The fourth-order valence-electron chi connectivity index (χ4n) is 2.06. The van der Waals surface area contributed by atoms with Gasteiger partial charge < -0.3 is 15.6 Å². The number of halogens is 2. The summed E-state index contributed by atoms with van der Waals surface area (Å²) in [5, 5.41) is 10.2. The molecule has 2 aromatic rings. The Morgan fingerprint density at radius 1 is 1.04 bits per heavy atom. The lowest BCUT2D eigenvalue weighted by molar-refractivity contribution is 0.200. The summed E-state index contributed by atoms with van der Waals surface area (Å²) in [6, 6.07) is 13.3. The highest BCUT2D eigenvalue weighted by Gasteiger charge is 2.16. The van der Waals surface area contributed by atoms with Gasteiger partial charge in [0.1, 0.15) is 12.4 Å². The fourth-order valence-corrected chi connectivity index (χ4v) is 2.38. The van der Waals surface area contributed by atoms with Gasteiger partial charge in [0.25, 0.3) is 0 Å². The van der Waals surface area contributed by atoms with Crippen molar-refractivity contribution in [1.29, 1.82) is 0 Å². The largest absolute Gasteiger partial charge is 0.489 e. The lowest BCUT2D eigenvalue weighted by Crippen LogP contribution is -2.40. The van der Waals surface area contributed by atoms with Crippen molar-refractivity contribution in [2.75, 3.05) is 6.61 Å². The van der Waals surface area contributed by atoms with E-state index in [-0.39, 0.29) is 6.61 Å². The van der Waals surface area contributed by atoms with Gasteiger partial charge >= 0.3 is 0 Å². The van der Waals surface area contributed by atoms with E-state index in [1.807, 2.05) is 37.3 Å². The van der Waals surface area contributed by atoms with Gasteiger partial charge in [-0.1, -0.05) is 41.4 Å². The zero-order valence-electron chi connectivity index (χ0n) is 13.1. The van der Waals surface area contributed by atoms with Crippen molar-refractivity contribution >= 4 is 23.2 Å². The molecule has 2 rings (SSSR count). The van der Waals surface area contributed by atoms with Crippen molar-refractivity contribution in [3.63, 3.8) is 0 Å². The summed E-state index contributed by atoms with van der Waals surface area (Å²) in [6.45, 7) is 2.27. The molecule has 0 saturated heterocycles. The van der Waals surface area contributed by atoms with Gasteiger partial charge in [-0.05, 0) is 55.2 Å². The maximum Gasteiger partial charge on any atom is 0.119 e. The molecule has 0 fully saturated rings. The van der Waals surface area contributed by atoms with Crippen LogP contribution in [0, 0.1) is 0 Å². The standard InChI is InChI=1S/C18H21Cl2NO2/c1-18(21,12-22)9-8-13-2-5-15(6-3-13)23-11-14-4-7-16(19)17(20)10-14/h2-7,10,22H,8-9,11-12,21H2,1H3/t18-/m1/s1. The van der Waals surface area contributed by atoms with Crippen molar-refractivity contribution in [1.82, 2.24) is 0 Å². The number of hydrogen-bond acceptors (Lipinski definition) is 3. The Morgan fingerprint density at radius 2 is 1.70 bits per heavy atom. The van der Waals surface area contributed by atoms with Gasteiger partial charge in [0.15, 0.2) is 0 Å². The summed E-state index contributed by atoms with van der Waals surface area (Å²) < 4.78 is 5.74. The lowest BCUT2D eigenvalue weighted by atomic mass is 9.95. The third-order valence-corrected chi connectivity index (χ3v) is 4.40. The molecule has 0 aliphatic carbocycles. The monoisotopic (exact) mass is 353 g/mol. The molecule has 0 unspecified atom stereocenters. The van der Waals surface area contributed by atoms with Gasteiger partial charge in [0, 0.05) is 5.54 Å². The third-order valence-electron chi connectivity index (χ3n) is 3.66. The molecule has 124 valence electrons. The van der Waals surface area contributed by atoms with Crippen molar-refractivity contribution in [3.05, 3.63) is 63.6 Å². The minimum Gasteiger partial charge on any atom is -0.489 e. The van der Waals surface area contributed by atoms with E-state index in [0.717, 1.165) is 29.7 Å². The molecule has 5 heteroatoms. The van der Waals surface area contributed by atoms with Crippen LogP contribution in [0.4, 0.5) is 0 Å². The van der Waals surface area contributed by atoms with E-state index in [4.69, 9.17) is 38.8 Å². The van der Waals surface area contributed by atoms with Crippen LogP contribution in [-0.2, 0) is 13.0 Å². The van der Waals surface area contributed by atoms with E-state index < -0.39 is 5.54 Å². The Balaban J connectivity index is 1.88. The van der Waals surface area contributed by atoms with E-state index in [9.17, 15) is 0 Å². The number of aryl methyl sites for hydroxylation is 1. The molecular weight excluding hydrogens is 333 g/mol. The first kappa shape index (κ1) is 18.1. The van der Waals surface area contributed by atoms with Crippen LogP contribution in [0.2, 0.25) is 10.0 Å². The van der Waals surface area contributed by atoms with Crippen LogP contribution < -0.4 is 10.5 Å². The third kappa shape index (κ3) is 5.70. The molecule has 0 amide bonds. The minimum absolute atomic E-state index is 0.0160. The van der Waals surface area contributed by atoms with Gasteiger partial charge in [0.05, 0.1) is 16.7 Å². The molecule has 0 aliphatic heterocycles. The molecule has 2 aromatic carbocycles. The van der Waals surface area contributed by atoms with Crippen molar-refractivity contribution < 1.29 is 9.84 Å². The van der Waals surface area contributed by atoms with Crippen LogP contribution in [0.3, 0.4) is 0 Å². The van der Waals surface area contributed by atoms with Crippen LogP contribution in [0.5, 0.6) is 5.75 Å². The zero-order valence-corrected chi connectivity index (χ0v) is 14.6. The summed E-state index contributed by atoms with van der Waals surface area (Å²) in [4.78, 5) is 0. The first-order valence-electron chi connectivity index (χ1n) is 7.45. The van der Waals surface area contributed by atoms with Crippen LogP contribution in [0.25, 0.3) is 0 Å². The fraction of sp³-hybridized carbons (Fsp3) is 0.333. The van der Waals surface area contributed by atoms with E-state index >= 15 is 0 Å². The summed E-state index contributed by atoms with van der Waals surface area (Å²) >= 11 is 11.9. The lowest BCUT2D eigenvalue weighted by Gasteiger charge is -2.21. The first-order chi connectivity index (χ1) is 10.9. The summed E-state index contributed by atoms with van der Waals surface area (Å²) in [5.74, 6) is 0.789. The van der Waals surface area contributed by atoms with Crippen LogP contribution in [0.1, 0.15) is 24.5 Å². The van der Waals surface area contributed by atoms with E-state index in [1.54, 1.807) is 12.1 Å². The molecule has 0 spiro atoms. The first-order valence-corrected chi connectivity index (χ1v) is 8.21. The molecule has 0 heterocycles. The quantitative estimate of drug-likeness (QED) is 0.783. The van der Waals surface area contributed by atoms with Crippen molar-refractivity contribution in [2.45, 2.75) is 31.9 Å². The highest BCUT2D eigenvalue weighted by molar-refractivity contribution is 6.42. The molecule has 1 atom stereocenters. The number of hydrogen-bond donors (Lipinski definition) is 2. The maximum absolute atomic E-state index is 9.17. The number of ether oxygens (including phenoxy) is 1. The average Bonchev–Trinajstić information content (AvgIpc) is 2.55. The van der Waals surface area contributed by atoms with E-state index in [0.29, 0.717) is 16.7 Å². The molecule has 0 radical (unpaired) electrons. The van der Waals surface area contributed by atoms with Crippen molar-refractivity contribution in [3.8, 4) is 5.75 Å². The van der Waals surface area contributed by atoms with Gasteiger partial charge in [-0.3, -0.25) is 0 Å². The molecule has 3 nitrogen and oxygen atoms in total. The number of rotatable bonds is 7. The number of aliphatic hydroxyl groups is 1. The SMILES string of the molecule is C[C@](N)(CO)CCc1ccc(OCc2ccc(Cl)c(Cl)c2)cc1. The van der Waals surface area contributed by atoms with E-state index in [1.165, 1.54) is 0 Å². The van der Waals surface area contributed by atoms with E-state index in [2.05, 4.69) is 0 Å². The van der Waals surface area contributed by atoms with Crippen LogP contribution >= 0.6 is 23.2 Å². The van der Waals surface area contributed by atoms with Crippen molar-refractivity contribution in [2.24, 2.45) is 5.73 Å². The Kier molecular flexibility index (Phi) is 6.31. The topological polar surface area (TPSA) is 55.5 Å². The van der Waals surface area contributed by atoms with Gasteiger partial charge in [-0.25, -0.2) is 0 Å². The summed E-state index contributed by atoms with van der Waals surface area (Å²) in [7, 11) is 0. The highest BCUT2D eigenvalue weighted by Crippen LogP contribution is 2.23. The highest BCUT2D eigenvalue weighted by atomic mass is 35.5. The van der Waals surface area contributed by atoms with Crippen LogP contribution in [-0.4, -0.2) is 17.3 Å². The molecule has 0 saturated carbocycles. The van der Waals surface area contributed by atoms with Gasteiger partial charge in [-0.2, -0.15) is 0 Å². The molecule has 3 N–H and O–H groups in total.